The maximum Gasteiger partial charge on any atom is 0.325 e. The molecule has 0 unspecified atom stereocenters. The number of nitrogens with zero attached hydrogens (tertiary/aromatic N) is 2. The predicted octanol–water partition coefficient (Wildman–Crippen LogP) is 4.59. The lowest BCUT2D eigenvalue weighted by molar-refractivity contribution is -0.144. The first-order valence-electron chi connectivity index (χ1n) is 9.79. The first-order valence-corrected chi connectivity index (χ1v) is 9.79. The minimum Gasteiger partial charge on any atom is -0.480 e. The summed E-state index contributed by atoms with van der Waals surface area (Å²) >= 11 is 0. The van der Waals surface area contributed by atoms with Gasteiger partial charge in [0.25, 0.3) is 0 Å². The van der Waals surface area contributed by atoms with E-state index in [-0.39, 0.29) is 17.6 Å². The van der Waals surface area contributed by atoms with E-state index < -0.39 is 12.0 Å². The van der Waals surface area contributed by atoms with Gasteiger partial charge in [-0.1, -0.05) is 5.16 Å². The quantitative estimate of drug-likeness (QED) is 0.513. The Kier molecular flexibility index (Phi) is 4.51. The number of halogens is 2. The average molecular weight is 411 g/mol. The molecule has 2 N–H and O–H groups in total. The number of nitrogens with one attached hydrogen (secondary N) is 1. The zero-order valence-corrected chi connectivity index (χ0v) is 15.9. The molecule has 1 aliphatic heterocycles. The molecule has 1 saturated heterocycles. The van der Waals surface area contributed by atoms with E-state index in [9.17, 15) is 18.7 Å². The molecule has 5 rings (SSSR count). The monoisotopic (exact) mass is 411 g/mol. The van der Waals surface area contributed by atoms with Crippen LogP contribution in [-0.2, 0) is 4.79 Å². The fraction of sp³-hybridized carbons (Fsp3) is 0.273. The lowest BCUT2D eigenvalue weighted by Crippen LogP contribution is -2.39. The summed E-state index contributed by atoms with van der Waals surface area (Å²) in [6.45, 7) is 1.12. The van der Waals surface area contributed by atoms with Crippen LogP contribution >= 0.6 is 0 Å². The van der Waals surface area contributed by atoms with Crippen molar-refractivity contribution < 1.29 is 23.2 Å². The molecule has 0 bridgehead atoms. The number of hydrogen-bond acceptors (Lipinski definition) is 4. The highest BCUT2D eigenvalue weighted by Gasteiger charge is 2.34. The highest BCUT2D eigenvalue weighted by molar-refractivity contribution is 5.89. The molecule has 4 aromatic rings. The molecule has 1 aliphatic rings. The molecule has 0 saturated carbocycles. The molecule has 6 nitrogen and oxygen atoms in total. The molecule has 0 radical (unpaired) electrons. The standard InChI is InChI=1S/C22H19F2N3O3/c23-13-1-3-15-17(11-25-18(15)9-13)21(22(28)29)27-7-5-12(6-8-27)20-16-4-2-14(24)10-19(16)30-26-20/h1-4,9-12,21,25H,5-8H2,(H,28,29)/t21-/m0/s1. The van der Waals surface area contributed by atoms with E-state index in [1.807, 2.05) is 4.90 Å². The molecule has 3 heterocycles. The summed E-state index contributed by atoms with van der Waals surface area (Å²) in [4.78, 5) is 17.0. The van der Waals surface area contributed by atoms with Crippen molar-refractivity contribution >= 4 is 27.8 Å². The van der Waals surface area contributed by atoms with Crippen molar-refractivity contribution in [2.24, 2.45) is 0 Å². The van der Waals surface area contributed by atoms with E-state index in [0.29, 0.717) is 48.0 Å². The van der Waals surface area contributed by atoms with E-state index in [1.54, 1.807) is 18.3 Å². The minimum atomic E-state index is -0.943. The second kappa shape index (κ2) is 7.21. The SMILES string of the molecule is O=C(O)[C@H](c1c[nH]c2cc(F)ccc12)N1CCC(c2noc3cc(F)ccc23)CC1. The Morgan fingerprint density at radius 1 is 1.13 bits per heavy atom. The Hall–Kier alpha value is -3.26. The van der Waals surface area contributed by atoms with Crippen LogP contribution in [0.3, 0.4) is 0 Å². The van der Waals surface area contributed by atoms with Gasteiger partial charge < -0.3 is 14.6 Å². The first-order chi connectivity index (χ1) is 14.5. The third-order valence-corrected chi connectivity index (χ3v) is 5.95. The highest BCUT2D eigenvalue weighted by Crippen LogP contribution is 2.37. The van der Waals surface area contributed by atoms with Gasteiger partial charge >= 0.3 is 5.97 Å². The molecule has 0 aliphatic carbocycles. The minimum absolute atomic E-state index is 0.111. The van der Waals surface area contributed by atoms with Crippen molar-refractivity contribution in [2.45, 2.75) is 24.8 Å². The van der Waals surface area contributed by atoms with E-state index in [4.69, 9.17) is 4.52 Å². The number of likely N-dealkylation sites (tertiary alicyclic amines) is 1. The second-order valence-corrected chi connectivity index (χ2v) is 7.69. The number of fused-ring (bicyclic) bond motifs is 2. The Morgan fingerprint density at radius 3 is 2.57 bits per heavy atom. The third-order valence-electron chi connectivity index (χ3n) is 5.95. The Morgan fingerprint density at radius 2 is 1.83 bits per heavy atom. The van der Waals surface area contributed by atoms with Crippen molar-refractivity contribution in [3.8, 4) is 0 Å². The predicted molar refractivity (Wildman–Crippen MR) is 106 cm³/mol. The largest absolute Gasteiger partial charge is 0.480 e. The van der Waals surface area contributed by atoms with Gasteiger partial charge in [0.15, 0.2) is 5.58 Å². The van der Waals surface area contributed by atoms with E-state index >= 15 is 0 Å². The van der Waals surface area contributed by atoms with Gasteiger partial charge in [-0.15, -0.1) is 0 Å². The van der Waals surface area contributed by atoms with Gasteiger partial charge in [0, 0.05) is 40.0 Å². The average Bonchev–Trinajstić information content (AvgIpc) is 3.32. The van der Waals surface area contributed by atoms with Crippen LogP contribution in [0.25, 0.3) is 21.9 Å². The van der Waals surface area contributed by atoms with Gasteiger partial charge in [-0.25, -0.2) is 8.78 Å². The maximum atomic E-state index is 13.5. The van der Waals surface area contributed by atoms with Crippen molar-refractivity contribution in [3.63, 3.8) is 0 Å². The molecule has 0 amide bonds. The number of rotatable bonds is 4. The zero-order chi connectivity index (χ0) is 20.8. The summed E-state index contributed by atoms with van der Waals surface area (Å²) in [6, 6.07) is 7.87. The van der Waals surface area contributed by atoms with Gasteiger partial charge in [-0.3, -0.25) is 9.69 Å². The summed E-state index contributed by atoms with van der Waals surface area (Å²) in [5, 5.41) is 15.6. The zero-order valence-electron chi connectivity index (χ0n) is 15.9. The summed E-state index contributed by atoms with van der Waals surface area (Å²) in [5.74, 6) is -1.58. The summed E-state index contributed by atoms with van der Waals surface area (Å²) < 4.78 is 32.2. The highest BCUT2D eigenvalue weighted by atomic mass is 19.1. The smallest absolute Gasteiger partial charge is 0.325 e. The molecule has 30 heavy (non-hydrogen) atoms. The Balaban J connectivity index is 1.39. The number of carboxylic acid groups (broad SMARTS) is 1. The molecule has 2 aromatic carbocycles. The fourth-order valence-electron chi connectivity index (χ4n) is 4.49. The number of benzene rings is 2. The van der Waals surface area contributed by atoms with Gasteiger partial charge in [-0.2, -0.15) is 0 Å². The molecule has 8 heteroatoms. The molecular weight excluding hydrogens is 392 g/mol. The van der Waals surface area contributed by atoms with Gasteiger partial charge in [-0.05, 0) is 56.3 Å². The molecule has 1 fully saturated rings. The molecule has 1 atom stereocenters. The number of carbonyl (C=O) groups is 1. The van der Waals surface area contributed by atoms with Crippen LogP contribution in [0.5, 0.6) is 0 Å². The number of aromatic nitrogens is 2. The Labute approximate surface area is 170 Å². The van der Waals surface area contributed by atoms with E-state index in [2.05, 4.69) is 10.1 Å². The summed E-state index contributed by atoms with van der Waals surface area (Å²) in [5.41, 5.74) is 2.41. The fourth-order valence-corrected chi connectivity index (χ4v) is 4.49. The topological polar surface area (TPSA) is 82.4 Å². The summed E-state index contributed by atoms with van der Waals surface area (Å²) in [6.07, 6.45) is 3.06. The number of piperidine rings is 1. The number of hydrogen-bond donors (Lipinski definition) is 2. The normalized spacial score (nSPS) is 17.0. The number of H-pyrrole nitrogens is 1. The summed E-state index contributed by atoms with van der Waals surface area (Å²) in [7, 11) is 0. The van der Waals surface area contributed by atoms with Crippen LogP contribution in [0.2, 0.25) is 0 Å². The van der Waals surface area contributed by atoms with Crippen LogP contribution in [0.4, 0.5) is 8.78 Å². The van der Waals surface area contributed by atoms with Gasteiger partial charge in [0.05, 0.1) is 5.69 Å². The van der Waals surface area contributed by atoms with Gasteiger partial charge in [0.2, 0.25) is 0 Å². The van der Waals surface area contributed by atoms with Crippen LogP contribution in [0.15, 0.2) is 47.1 Å². The lowest BCUT2D eigenvalue weighted by atomic mass is 9.90. The maximum absolute atomic E-state index is 13.5. The van der Waals surface area contributed by atoms with Crippen LogP contribution in [0.1, 0.15) is 36.1 Å². The molecule has 0 spiro atoms. The molecular formula is C22H19F2N3O3. The van der Waals surface area contributed by atoms with Crippen LogP contribution in [0, 0.1) is 11.6 Å². The van der Waals surface area contributed by atoms with Crippen molar-refractivity contribution in [3.05, 3.63) is 65.5 Å². The Bertz CT molecular complexity index is 1240. The van der Waals surface area contributed by atoms with Gasteiger partial charge in [0.1, 0.15) is 17.7 Å². The van der Waals surface area contributed by atoms with Crippen molar-refractivity contribution in [2.75, 3.05) is 13.1 Å². The number of carboxylic acids is 1. The second-order valence-electron chi connectivity index (χ2n) is 7.69. The molecule has 2 aromatic heterocycles. The third kappa shape index (κ3) is 3.13. The lowest BCUT2D eigenvalue weighted by Gasteiger charge is -2.35. The first kappa shape index (κ1) is 18.7. The van der Waals surface area contributed by atoms with E-state index in [0.717, 1.165) is 11.1 Å². The molecule has 154 valence electrons. The number of aliphatic carboxylic acids is 1. The number of aromatic amines is 1. The van der Waals surface area contributed by atoms with Crippen LogP contribution in [-0.4, -0.2) is 39.2 Å². The van der Waals surface area contributed by atoms with Crippen molar-refractivity contribution in [1.82, 2.24) is 15.0 Å². The van der Waals surface area contributed by atoms with Crippen LogP contribution < -0.4 is 0 Å². The van der Waals surface area contributed by atoms with Crippen molar-refractivity contribution in [1.29, 1.82) is 0 Å². The van der Waals surface area contributed by atoms with E-state index in [1.165, 1.54) is 24.3 Å².